The highest BCUT2D eigenvalue weighted by atomic mass is 28.3. The van der Waals surface area contributed by atoms with Crippen molar-refractivity contribution in [3.05, 3.63) is 96.6 Å². The highest BCUT2D eigenvalue weighted by Crippen LogP contribution is 2.16. The monoisotopic (exact) mass is 359 g/mol. The fourth-order valence-electron chi connectivity index (χ4n) is 3.63. The van der Waals surface area contributed by atoms with E-state index in [9.17, 15) is 4.79 Å². The first-order valence-corrected chi connectivity index (χ1v) is 11.6. The topological polar surface area (TPSA) is 29.1 Å². The van der Waals surface area contributed by atoms with E-state index in [0.29, 0.717) is 0 Å². The summed E-state index contributed by atoms with van der Waals surface area (Å²) in [5.74, 6) is 0.0246. The van der Waals surface area contributed by atoms with Crippen LogP contribution >= 0.6 is 0 Å². The molecule has 0 spiro atoms. The Kier molecular flexibility index (Phi) is 5.69. The lowest BCUT2D eigenvalue weighted by Gasteiger charge is -2.37. The largest absolute Gasteiger partial charge is 0.355 e. The van der Waals surface area contributed by atoms with Gasteiger partial charge in [-0.15, -0.1) is 0 Å². The molecular formula is C23H25NOSi. The molecule has 3 rings (SSSR count). The number of amides is 1. The summed E-state index contributed by atoms with van der Waals surface area (Å²) in [5, 5.41) is 5.96. The van der Waals surface area contributed by atoms with Crippen LogP contribution in [0.25, 0.3) is 0 Å². The number of hydrogen-bond acceptors (Lipinski definition) is 1. The maximum absolute atomic E-state index is 12.1. The summed E-state index contributed by atoms with van der Waals surface area (Å²) >= 11 is 0. The van der Waals surface area contributed by atoms with E-state index in [0.717, 1.165) is 6.42 Å². The van der Waals surface area contributed by atoms with E-state index in [4.69, 9.17) is 0 Å². The maximum Gasteiger partial charge on any atom is 0.216 e. The summed E-state index contributed by atoms with van der Waals surface area (Å²) in [7, 11) is -2.21. The first-order chi connectivity index (χ1) is 12.6. The first kappa shape index (κ1) is 18.1. The fourth-order valence-corrected chi connectivity index (χ4v) is 7.68. The zero-order chi connectivity index (χ0) is 18.4. The SMILES string of the molecule is CC(=O)NC(Cc1ccccc1)[Si](C)(c1ccccc1)c1ccccc1. The summed E-state index contributed by atoms with van der Waals surface area (Å²) < 4.78 is 0. The van der Waals surface area contributed by atoms with Crippen molar-refractivity contribution in [3.8, 4) is 0 Å². The second kappa shape index (κ2) is 8.15. The van der Waals surface area contributed by atoms with Crippen molar-refractivity contribution >= 4 is 24.4 Å². The van der Waals surface area contributed by atoms with Crippen molar-refractivity contribution in [1.29, 1.82) is 0 Å². The molecule has 1 unspecified atom stereocenters. The number of nitrogens with one attached hydrogen (secondary N) is 1. The molecule has 0 saturated heterocycles. The normalized spacial score (nSPS) is 12.4. The Morgan fingerprint density at radius 2 is 1.23 bits per heavy atom. The molecule has 0 heterocycles. The average molecular weight is 360 g/mol. The van der Waals surface area contributed by atoms with Gasteiger partial charge in [-0.25, -0.2) is 0 Å². The van der Waals surface area contributed by atoms with Gasteiger partial charge in [0.2, 0.25) is 5.91 Å². The van der Waals surface area contributed by atoms with Gasteiger partial charge in [0.25, 0.3) is 0 Å². The van der Waals surface area contributed by atoms with Gasteiger partial charge in [-0.3, -0.25) is 4.79 Å². The number of rotatable bonds is 6. The molecule has 1 amide bonds. The fraction of sp³-hybridized carbons (Fsp3) is 0.174. The minimum absolute atomic E-state index is 0.0246. The van der Waals surface area contributed by atoms with Crippen molar-refractivity contribution in [1.82, 2.24) is 5.32 Å². The summed E-state index contributed by atoms with van der Waals surface area (Å²) in [4.78, 5) is 12.1. The van der Waals surface area contributed by atoms with Crippen molar-refractivity contribution in [2.45, 2.75) is 25.6 Å². The number of hydrogen-bond donors (Lipinski definition) is 1. The molecule has 0 fully saturated rings. The van der Waals surface area contributed by atoms with Crippen LogP contribution in [-0.2, 0) is 11.2 Å². The van der Waals surface area contributed by atoms with Crippen LogP contribution in [0.2, 0.25) is 6.55 Å². The zero-order valence-electron chi connectivity index (χ0n) is 15.4. The van der Waals surface area contributed by atoms with E-state index in [-0.39, 0.29) is 11.6 Å². The summed E-state index contributed by atoms with van der Waals surface area (Å²) in [5.41, 5.74) is 1.32. The number of carbonyl (C=O) groups is 1. The Balaban J connectivity index is 2.11. The van der Waals surface area contributed by atoms with Gasteiger partial charge in [0.15, 0.2) is 0 Å². The predicted octanol–water partition coefficient (Wildman–Crippen LogP) is 3.17. The maximum atomic E-state index is 12.1. The summed E-state index contributed by atoms with van der Waals surface area (Å²) in [6, 6.07) is 31.7. The highest BCUT2D eigenvalue weighted by Gasteiger charge is 2.40. The number of benzene rings is 3. The molecular weight excluding hydrogens is 334 g/mol. The van der Waals surface area contributed by atoms with E-state index in [1.807, 2.05) is 18.2 Å². The molecule has 3 aromatic rings. The third kappa shape index (κ3) is 3.94. The van der Waals surface area contributed by atoms with Crippen LogP contribution < -0.4 is 15.7 Å². The van der Waals surface area contributed by atoms with Gasteiger partial charge in [0, 0.05) is 12.6 Å². The summed E-state index contributed by atoms with van der Waals surface area (Å²) in [6.07, 6.45) is 0.826. The Hall–Kier alpha value is -2.65. The molecule has 0 aliphatic heterocycles. The van der Waals surface area contributed by atoms with E-state index in [1.165, 1.54) is 15.9 Å². The van der Waals surface area contributed by atoms with Gasteiger partial charge in [0.1, 0.15) is 8.07 Å². The minimum Gasteiger partial charge on any atom is -0.355 e. The van der Waals surface area contributed by atoms with Gasteiger partial charge >= 0.3 is 0 Å². The molecule has 0 saturated carbocycles. The van der Waals surface area contributed by atoms with Gasteiger partial charge in [-0.2, -0.15) is 0 Å². The van der Waals surface area contributed by atoms with Crippen molar-refractivity contribution in [3.63, 3.8) is 0 Å². The quantitative estimate of drug-likeness (QED) is 0.673. The Labute approximate surface area is 156 Å². The first-order valence-electron chi connectivity index (χ1n) is 9.03. The van der Waals surface area contributed by atoms with Crippen molar-refractivity contribution in [2.24, 2.45) is 0 Å². The second-order valence-corrected chi connectivity index (χ2v) is 11.1. The molecule has 0 aliphatic carbocycles. The molecule has 3 heteroatoms. The van der Waals surface area contributed by atoms with Crippen LogP contribution in [0.1, 0.15) is 12.5 Å². The second-order valence-electron chi connectivity index (χ2n) is 6.88. The summed E-state index contributed by atoms with van der Waals surface area (Å²) in [6.45, 7) is 3.98. The third-order valence-corrected chi connectivity index (χ3v) is 9.91. The van der Waals surface area contributed by atoms with Crippen LogP contribution in [0.4, 0.5) is 0 Å². The Bertz CT molecular complexity index is 794. The Morgan fingerprint density at radius 1 is 0.808 bits per heavy atom. The molecule has 0 aromatic heterocycles. The molecule has 0 radical (unpaired) electrons. The van der Waals surface area contributed by atoms with Gasteiger partial charge < -0.3 is 5.32 Å². The molecule has 1 N–H and O–H groups in total. The lowest BCUT2D eigenvalue weighted by atomic mass is 10.1. The lowest BCUT2D eigenvalue weighted by Crippen LogP contribution is -2.69. The lowest BCUT2D eigenvalue weighted by molar-refractivity contribution is -0.119. The third-order valence-electron chi connectivity index (χ3n) is 5.10. The van der Waals surface area contributed by atoms with E-state index < -0.39 is 8.07 Å². The van der Waals surface area contributed by atoms with Gasteiger partial charge in [0.05, 0.1) is 0 Å². The standard InChI is InChI=1S/C23H25NOSi/c1-19(25)24-23(18-20-12-6-3-7-13-20)26(2,21-14-8-4-9-15-21)22-16-10-5-11-17-22/h3-17,23H,18H2,1-2H3,(H,24,25). The Morgan fingerprint density at radius 3 is 1.65 bits per heavy atom. The van der Waals surface area contributed by atoms with Gasteiger partial charge in [-0.05, 0) is 12.0 Å². The van der Waals surface area contributed by atoms with E-state index in [2.05, 4.69) is 84.7 Å². The predicted molar refractivity (Wildman–Crippen MR) is 112 cm³/mol. The highest BCUT2D eigenvalue weighted by molar-refractivity contribution is 7.02. The molecule has 132 valence electrons. The molecule has 26 heavy (non-hydrogen) atoms. The van der Waals surface area contributed by atoms with E-state index in [1.54, 1.807) is 6.92 Å². The van der Waals surface area contributed by atoms with Crippen molar-refractivity contribution < 1.29 is 4.79 Å². The van der Waals surface area contributed by atoms with Crippen LogP contribution in [0.15, 0.2) is 91.0 Å². The molecule has 1 atom stereocenters. The molecule has 0 bridgehead atoms. The smallest absolute Gasteiger partial charge is 0.216 e. The van der Waals surface area contributed by atoms with Crippen LogP contribution in [-0.4, -0.2) is 19.6 Å². The molecule has 3 aromatic carbocycles. The molecule has 2 nitrogen and oxygen atoms in total. The van der Waals surface area contributed by atoms with Gasteiger partial charge in [-0.1, -0.05) is 108 Å². The molecule has 0 aliphatic rings. The zero-order valence-corrected chi connectivity index (χ0v) is 16.4. The average Bonchev–Trinajstić information content (AvgIpc) is 2.69. The van der Waals surface area contributed by atoms with Crippen LogP contribution in [0.3, 0.4) is 0 Å². The number of carbonyl (C=O) groups excluding carboxylic acids is 1. The van der Waals surface area contributed by atoms with Crippen molar-refractivity contribution in [2.75, 3.05) is 0 Å². The van der Waals surface area contributed by atoms with Crippen LogP contribution in [0.5, 0.6) is 0 Å². The van der Waals surface area contributed by atoms with E-state index >= 15 is 0 Å². The minimum atomic E-state index is -2.21. The van der Waals surface area contributed by atoms with Crippen LogP contribution in [0, 0.1) is 0 Å².